The van der Waals surface area contributed by atoms with E-state index in [1.807, 2.05) is 64.0 Å². The van der Waals surface area contributed by atoms with Crippen LogP contribution in [0.15, 0.2) is 111 Å². The highest BCUT2D eigenvalue weighted by atomic mass is 16.5. The van der Waals surface area contributed by atoms with Gasteiger partial charge in [0.15, 0.2) is 57.3 Å². The average Bonchev–Trinajstić information content (AvgIpc) is 1.63. The third kappa shape index (κ3) is 19.4. The van der Waals surface area contributed by atoms with Crippen molar-refractivity contribution in [2.45, 2.75) is 155 Å². The van der Waals surface area contributed by atoms with E-state index in [2.05, 4.69) is 152 Å². The number of anilines is 10. The van der Waals surface area contributed by atoms with Gasteiger partial charge in [0.25, 0.3) is 29.5 Å². The quantitative estimate of drug-likeness (QED) is 0.0413. The number of amides is 5. The number of ether oxygens (including phenoxy) is 3. The first-order valence-electron chi connectivity index (χ1n) is 45.9. The summed E-state index contributed by atoms with van der Waals surface area (Å²) in [4.78, 5) is 124. The van der Waals surface area contributed by atoms with Gasteiger partial charge in [-0.15, -0.1) is 25.5 Å². The Bertz CT molecular complexity index is 7250. The molecule has 712 valence electrons. The topological polar surface area (TPSA) is 548 Å². The molecule has 3 saturated carbocycles. The fourth-order valence-corrected chi connectivity index (χ4v) is 17.9. The van der Waals surface area contributed by atoms with Gasteiger partial charge in [-0.05, 0) is 136 Å². The predicted molar refractivity (Wildman–Crippen MR) is 515 cm³/mol. The highest BCUT2D eigenvalue weighted by Gasteiger charge is 2.35. The van der Waals surface area contributed by atoms with E-state index in [1.54, 1.807) is 71.9 Å². The Morgan fingerprint density at radius 3 is 1.07 bits per heavy atom. The van der Waals surface area contributed by atoms with E-state index in [0.717, 1.165) is 215 Å². The van der Waals surface area contributed by atoms with Crippen LogP contribution < -0.4 is 69.5 Å². The number of aryl methyl sites for hydroxylation is 1. The second-order valence-corrected chi connectivity index (χ2v) is 36.4. The molecule has 138 heavy (non-hydrogen) atoms. The molecule has 5 aliphatic heterocycles. The van der Waals surface area contributed by atoms with Crippen molar-refractivity contribution in [3.63, 3.8) is 0 Å². The number of hydrogen-bond donors (Lipinski definition) is 10. The number of pyridine rings is 4. The molecule has 3 aliphatic carbocycles. The molecule has 0 bridgehead atoms. The van der Waals surface area contributed by atoms with Gasteiger partial charge in [0.05, 0.1) is 90.1 Å². The number of nitrogens with two attached hydrogens (primary N) is 5. The molecule has 0 unspecified atom stereocenters. The number of carbonyl (C=O) groups excluding carboxylic acids is 5. The Morgan fingerprint density at radius 2 is 0.717 bits per heavy atom. The third-order valence-corrected chi connectivity index (χ3v) is 25.4. The molecule has 0 spiro atoms. The average molecular weight is 1870 g/mol. The number of nitrogen functional groups attached to an aromatic ring is 5. The second kappa shape index (κ2) is 38.6. The number of hydrogen-bond acceptors (Lipinski definition) is 34. The monoisotopic (exact) mass is 1870 g/mol. The maximum Gasteiger partial charge on any atom is 0.263 e. The first kappa shape index (κ1) is 91.4. The smallest absolute Gasteiger partial charge is 0.263 e. The first-order valence-corrected chi connectivity index (χ1v) is 45.9. The molecule has 0 aromatic carbocycles. The zero-order valence-electron chi connectivity index (χ0n) is 78.0. The molecule has 44 nitrogen and oxygen atoms in total. The van der Waals surface area contributed by atoms with Gasteiger partial charge in [0.1, 0.15) is 62.7 Å². The summed E-state index contributed by atoms with van der Waals surface area (Å²) in [5.41, 5.74) is 50.8. The van der Waals surface area contributed by atoms with Crippen molar-refractivity contribution in [2.24, 2.45) is 0 Å². The molecule has 0 atom stereocenters. The normalized spacial score (nSPS) is 15.9. The van der Waals surface area contributed by atoms with Crippen LogP contribution in [0.5, 0.6) is 17.4 Å². The zero-order chi connectivity index (χ0) is 96.0. The van der Waals surface area contributed by atoms with Crippen molar-refractivity contribution in [3.8, 4) is 17.4 Å². The fourth-order valence-electron chi connectivity index (χ4n) is 17.9. The van der Waals surface area contributed by atoms with Gasteiger partial charge in [0.2, 0.25) is 5.88 Å². The van der Waals surface area contributed by atoms with Crippen LogP contribution in [-0.4, -0.2) is 244 Å². The molecule has 23 rings (SSSR count). The van der Waals surface area contributed by atoms with Crippen molar-refractivity contribution in [2.75, 3.05) is 130 Å². The SMILES string of the molecule is CC(C)Oc1ncncc1NC(=O)c1c(N)nn2cc3c(nc12)CCN(C)C3.CN1CCc2nc3c(C(=O)Nc4cnccc4C4CC4)c(N)nn3cc2C1.CN1CCc2nc3c(C(=O)Nc4cnccc4OC4CCC4)c(N)nn3cc2C1.COc1ccncc1NC(=O)c1c(N)nn2cc3c(nc12)CCN(C)C3.Cc1cncc(NC(=O)c2c(N)nn3cc4c(nc23)CCN(C)C4)c1C1CC1. The van der Waals surface area contributed by atoms with Crippen LogP contribution in [0.1, 0.15) is 195 Å². The minimum absolute atomic E-state index is 0.0982. The molecule has 44 heteroatoms. The number of likely N-dealkylation sites (N-methyl/N-ethyl adjacent to an activating group) is 5. The molecule has 15 aromatic rings. The molecule has 5 amide bonds. The number of fused-ring (bicyclic) bond motifs is 10. The van der Waals surface area contributed by atoms with Gasteiger partial charge in [-0.3, -0.25) is 43.9 Å². The van der Waals surface area contributed by atoms with Crippen molar-refractivity contribution in [1.29, 1.82) is 0 Å². The van der Waals surface area contributed by atoms with Gasteiger partial charge < -0.3 is 94.0 Å². The molecule has 3 fully saturated rings. The summed E-state index contributed by atoms with van der Waals surface area (Å²) in [5.74, 6) is 1.41. The highest BCUT2D eigenvalue weighted by Crippen LogP contribution is 2.46. The maximum absolute atomic E-state index is 13.1. The molecule has 15 aromatic heterocycles. The van der Waals surface area contributed by atoms with Gasteiger partial charge in [-0.25, -0.2) is 52.5 Å². The van der Waals surface area contributed by atoms with Crippen LogP contribution in [0.3, 0.4) is 0 Å². The van der Waals surface area contributed by atoms with Crippen molar-refractivity contribution < 1.29 is 38.2 Å². The van der Waals surface area contributed by atoms with Crippen LogP contribution in [0.2, 0.25) is 0 Å². The molecule has 20 heterocycles. The van der Waals surface area contributed by atoms with E-state index >= 15 is 0 Å². The lowest BCUT2D eigenvalue weighted by Crippen LogP contribution is -2.28. The van der Waals surface area contributed by atoms with Gasteiger partial charge in [-0.2, -0.15) is 4.98 Å². The fraction of sp³-hybridized carbons (Fsp3) is 0.372. The lowest BCUT2D eigenvalue weighted by atomic mass is 9.96. The summed E-state index contributed by atoms with van der Waals surface area (Å²) in [5, 5.41) is 35.9. The van der Waals surface area contributed by atoms with Crippen molar-refractivity contribution in [1.82, 2.24) is 127 Å². The van der Waals surface area contributed by atoms with Crippen molar-refractivity contribution in [3.05, 3.63) is 212 Å². The minimum Gasteiger partial charge on any atom is -0.494 e. The number of carbonyl (C=O) groups is 5. The van der Waals surface area contributed by atoms with Crippen molar-refractivity contribution >= 4 is 115 Å². The number of aromatic nitrogens is 21. The lowest BCUT2D eigenvalue weighted by Gasteiger charge is -2.27. The number of nitrogens with zero attached hydrogens (tertiary/aromatic N) is 26. The molecular weight excluding hydrogens is 1760 g/mol. The molecule has 0 radical (unpaired) electrons. The van der Waals surface area contributed by atoms with Gasteiger partial charge in [-0.1, -0.05) is 0 Å². The van der Waals surface area contributed by atoms with Crippen LogP contribution in [0, 0.1) is 6.92 Å². The molecule has 8 aliphatic rings. The number of methoxy groups -OCH3 is 1. The maximum atomic E-state index is 13.1. The Hall–Kier alpha value is -15.7. The Labute approximate surface area is 791 Å². The number of rotatable bonds is 17. The first-order chi connectivity index (χ1) is 66.7. The summed E-state index contributed by atoms with van der Waals surface area (Å²) >= 11 is 0. The van der Waals surface area contributed by atoms with E-state index in [0.29, 0.717) is 85.6 Å². The summed E-state index contributed by atoms with van der Waals surface area (Å²) in [6, 6.07) is 5.40. The minimum atomic E-state index is -0.434. The van der Waals surface area contributed by atoms with Crippen LogP contribution in [0.4, 0.5) is 57.5 Å². The summed E-state index contributed by atoms with van der Waals surface area (Å²) < 4.78 is 24.8. The highest BCUT2D eigenvalue weighted by molar-refractivity contribution is 6.15. The molecule has 15 N–H and O–H groups in total. The number of nitrogens with one attached hydrogen (secondary N) is 5. The second-order valence-electron chi connectivity index (χ2n) is 36.4. The predicted octanol–water partition coefficient (Wildman–Crippen LogP) is 7.92. The Morgan fingerprint density at radius 1 is 0.391 bits per heavy atom. The standard InChI is InChI=1S/C20H23N7O2.C20H23N7O.C19H21N7O.C18H22N8O2.C17H19N7O2/c1-26-8-6-14-12(10-26)11-27-19(23-14)17(18(21)25-27)20(28)24-15-9-22-7-5-16(15)29-13-3-2-4-13;1-11-7-22-8-15(16(11)12-3-4-12)24-20(28)17-18(21)25-27-10-13-9-26(2)6-5-14(13)23-19(17)27;1-25-7-5-14-12(9-25)10-26-18(22-14)16(17(20)24-26)19(27)23-15-8-21-6-4-13(15)11-2-3-11;1-10(2)28-18-13(6-20-9-21-18)23-17(27)14-15(19)24-26-8-11-7-25(3)5-4-12(11)22-16(14)26;1-23-6-4-11-10(8-23)9-24-16(20-11)14(15(18)22-24)17(25)21-12-7-19-5-3-13(12)26-2/h5,7,9,11,13H,2-4,6,8,10H2,1H3,(H2,21,25)(H,24,28);7-8,10,12H,3-6,9H2,1-2H3,(H2,21,25)(H,24,28);4,6,8,10-11H,2-3,5,7,9H2,1H3,(H2,20,24)(H,23,27);6,8-10H,4-5,7H2,1-3H3,(H2,19,24)(H,23,27);3,5,7,9H,4,6,8H2,1-2H3,(H2,18,22)(H,21,25). The van der Waals surface area contributed by atoms with Gasteiger partial charge in [0, 0.05) is 193 Å². The van der Waals surface area contributed by atoms with E-state index in [4.69, 9.17) is 57.8 Å². The summed E-state index contributed by atoms with van der Waals surface area (Å²) in [7, 11) is 11.9. The summed E-state index contributed by atoms with van der Waals surface area (Å²) in [6.45, 7) is 14.5. The molecular formula is C94H108N36O8. The largest absolute Gasteiger partial charge is 0.494 e. The summed E-state index contributed by atoms with van der Waals surface area (Å²) in [6.07, 6.45) is 37.8. The van der Waals surface area contributed by atoms with E-state index in [-0.39, 0.29) is 75.7 Å². The van der Waals surface area contributed by atoms with Crippen LogP contribution >= 0.6 is 0 Å². The Balaban J connectivity index is 0.000000110. The van der Waals surface area contributed by atoms with Gasteiger partial charge >= 0.3 is 0 Å². The van der Waals surface area contributed by atoms with E-state index in [1.165, 1.54) is 37.8 Å². The van der Waals surface area contributed by atoms with E-state index in [9.17, 15) is 24.0 Å². The zero-order valence-corrected chi connectivity index (χ0v) is 78.0. The lowest BCUT2D eigenvalue weighted by molar-refractivity contribution is 0.101. The van der Waals surface area contributed by atoms with E-state index < -0.39 is 11.8 Å². The molecule has 0 saturated heterocycles. The third-order valence-electron chi connectivity index (χ3n) is 25.4. The Kier molecular flexibility index (Phi) is 25.6. The van der Waals surface area contributed by atoms with Crippen LogP contribution in [-0.2, 0) is 64.8 Å². The van der Waals surface area contributed by atoms with Crippen LogP contribution in [0.25, 0.3) is 28.2 Å².